The number of likely N-dealkylation sites (N-methyl/N-ethyl adjacent to an activating group) is 1. The van der Waals surface area contributed by atoms with E-state index in [0.29, 0.717) is 55.6 Å². The minimum Gasteiger partial charge on any atom is -0.473 e. The zero-order valence-corrected chi connectivity index (χ0v) is 23.3. The highest BCUT2D eigenvalue weighted by Crippen LogP contribution is 2.45. The van der Waals surface area contributed by atoms with Crippen LogP contribution in [0.25, 0.3) is 5.70 Å². The van der Waals surface area contributed by atoms with Crippen LogP contribution in [0.1, 0.15) is 90.8 Å². The molecule has 0 amide bonds. The second kappa shape index (κ2) is 10.6. The van der Waals surface area contributed by atoms with Gasteiger partial charge in [0.15, 0.2) is 11.6 Å². The van der Waals surface area contributed by atoms with Crippen molar-refractivity contribution >= 4 is 17.3 Å². The molecule has 1 unspecified atom stereocenters. The summed E-state index contributed by atoms with van der Waals surface area (Å²) in [6.45, 7) is 8.12. The molecule has 0 aromatic carbocycles. The SMILES string of the molecule is C[C@H](Oc1cc(OC2CNC(C)(C)C2)nc(C(N)=C2CCC[C@@]3(CCCCC3=O)C2=O)n1)[C@@H]1CCCN1C. The molecule has 2 saturated heterocycles. The van der Waals surface area contributed by atoms with E-state index in [1.165, 1.54) is 0 Å². The molecule has 3 heterocycles. The van der Waals surface area contributed by atoms with Gasteiger partial charge in [0.2, 0.25) is 11.8 Å². The molecule has 0 bridgehead atoms. The summed E-state index contributed by atoms with van der Waals surface area (Å²) in [5.41, 5.74) is 6.42. The van der Waals surface area contributed by atoms with Gasteiger partial charge in [-0.1, -0.05) is 6.42 Å². The molecule has 9 heteroatoms. The van der Waals surface area contributed by atoms with E-state index in [0.717, 1.165) is 45.1 Å². The van der Waals surface area contributed by atoms with Crippen LogP contribution >= 0.6 is 0 Å². The van der Waals surface area contributed by atoms with Crippen molar-refractivity contribution in [3.63, 3.8) is 0 Å². The quantitative estimate of drug-likeness (QED) is 0.425. The molecule has 1 aromatic rings. The van der Waals surface area contributed by atoms with Crippen molar-refractivity contribution in [2.24, 2.45) is 11.1 Å². The van der Waals surface area contributed by atoms with Crippen molar-refractivity contribution in [3.8, 4) is 11.8 Å². The molecule has 4 aliphatic rings. The number of hydrogen-bond donors (Lipinski definition) is 2. The number of carbonyl (C=O) groups excluding carboxylic acids is 2. The van der Waals surface area contributed by atoms with Gasteiger partial charge >= 0.3 is 0 Å². The molecule has 4 fully saturated rings. The monoisotopic (exact) mass is 525 g/mol. The lowest BCUT2D eigenvalue weighted by Gasteiger charge is -2.38. The van der Waals surface area contributed by atoms with E-state index in [9.17, 15) is 9.59 Å². The smallest absolute Gasteiger partial charge is 0.221 e. The fraction of sp³-hybridized carbons (Fsp3) is 0.724. The van der Waals surface area contributed by atoms with E-state index in [1.54, 1.807) is 6.07 Å². The minimum atomic E-state index is -0.924. The van der Waals surface area contributed by atoms with Crippen LogP contribution in [0.5, 0.6) is 11.8 Å². The standard InChI is InChI=1S/C29H43N5O4/c1-18(21-10-8-14-34(21)4)37-23-15-24(38-19-16-28(2,3)31-17-19)33-27(32-23)25(30)20-9-7-13-29(26(20)36)12-6-5-11-22(29)35/h15,18-19,21,31H,5-14,16-17,30H2,1-4H3/t18-,19?,21-,29+/m0/s1. The fourth-order valence-electron chi connectivity index (χ4n) is 6.87. The second-order valence-corrected chi connectivity index (χ2v) is 12.4. The van der Waals surface area contributed by atoms with Crippen molar-refractivity contribution in [1.29, 1.82) is 0 Å². The Bertz CT molecular complexity index is 1110. The van der Waals surface area contributed by atoms with Crippen molar-refractivity contribution in [1.82, 2.24) is 20.2 Å². The summed E-state index contributed by atoms with van der Waals surface area (Å²) < 4.78 is 12.6. The van der Waals surface area contributed by atoms with E-state index in [4.69, 9.17) is 15.2 Å². The van der Waals surface area contributed by atoms with E-state index >= 15 is 0 Å². The van der Waals surface area contributed by atoms with Crippen LogP contribution in [-0.2, 0) is 9.59 Å². The van der Waals surface area contributed by atoms with Gasteiger partial charge in [-0.25, -0.2) is 0 Å². The predicted octanol–water partition coefficient (Wildman–Crippen LogP) is 3.41. The summed E-state index contributed by atoms with van der Waals surface area (Å²) in [6.07, 6.45) is 7.62. The van der Waals surface area contributed by atoms with Crippen molar-refractivity contribution in [2.75, 3.05) is 20.1 Å². The fourth-order valence-corrected chi connectivity index (χ4v) is 6.87. The van der Waals surface area contributed by atoms with Crippen molar-refractivity contribution < 1.29 is 19.1 Å². The van der Waals surface area contributed by atoms with Gasteiger partial charge in [0, 0.05) is 36.5 Å². The summed E-state index contributed by atoms with van der Waals surface area (Å²) in [5.74, 6) is 0.936. The molecule has 1 aromatic heterocycles. The van der Waals surface area contributed by atoms with E-state index in [2.05, 4.69) is 48.0 Å². The van der Waals surface area contributed by atoms with Gasteiger partial charge in [-0.15, -0.1) is 0 Å². The van der Waals surface area contributed by atoms with Crippen molar-refractivity contribution in [3.05, 3.63) is 17.5 Å². The number of carbonyl (C=O) groups is 2. The van der Waals surface area contributed by atoms with Gasteiger partial charge in [0.1, 0.15) is 18.0 Å². The zero-order chi connectivity index (χ0) is 27.1. The van der Waals surface area contributed by atoms with Crippen LogP contribution in [0, 0.1) is 5.41 Å². The highest BCUT2D eigenvalue weighted by Gasteiger charge is 2.49. The molecule has 3 N–H and O–H groups in total. The molecule has 38 heavy (non-hydrogen) atoms. The van der Waals surface area contributed by atoms with Crippen LogP contribution in [-0.4, -0.2) is 70.4 Å². The number of likely N-dealkylation sites (tertiary alicyclic amines) is 1. The maximum absolute atomic E-state index is 13.7. The molecule has 1 spiro atoms. The van der Waals surface area contributed by atoms with E-state index < -0.39 is 5.41 Å². The van der Waals surface area contributed by atoms with Crippen LogP contribution in [0.3, 0.4) is 0 Å². The van der Waals surface area contributed by atoms with Crippen LogP contribution < -0.4 is 20.5 Å². The Morgan fingerprint density at radius 3 is 2.58 bits per heavy atom. The Morgan fingerprint density at radius 1 is 1.13 bits per heavy atom. The molecule has 208 valence electrons. The molecular formula is C29H43N5O4. The third-order valence-electron chi connectivity index (χ3n) is 9.03. The number of Topliss-reactive ketones (excluding diaryl/α,β-unsaturated/α-hetero) is 2. The van der Waals surface area contributed by atoms with E-state index in [-0.39, 0.29) is 40.8 Å². The highest BCUT2D eigenvalue weighted by molar-refractivity contribution is 6.17. The number of hydrogen-bond acceptors (Lipinski definition) is 9. The van der Waals surface area contributed by atoms with Crippen LogP contribution in [0.4, 0.5) is 0 Å². The van der Waals surface area contributed by atoms with Gasteiger partial charge in [-0.3, -0.25) is 14.5 Å². The lowest BCUT2D eigenvalue weighted by atomic mass is 9.62. The Kier molecular flexibility index (Phi) is 7.52. The summed E-state index contributed by atoms with van der Waals surface area (Å²) in [6, 6.07) is 2.03. The number of nitrogens with two attached hydrogens (primary N) is 1. The molecule has 0 radical (unpaired) electrons. The Balaban J connectivity index is 1.47. The predicted molar refractivity (Wildman–Crippen MR) is 145 cm³/mol. The molecule has 9 nitrogen and oxygen atoms in total. The first-order valence-corrected chi connectivity index (χ1v) is 14.3. The molecular weight excluding hydrogens is 482 g/mol. The molecule has 4 atom stereocenters. The highest BCUT2D eigenvalue weighted by atomic mass is 16.5. The van der Waals surface area contributed by atoms with E-state index in [1.807, 2.05) is 0 Å². The van der Waals surface area contributed by atoms with Gasteiger partial charge in [0.25, 0.3) is 0 Å². The third kappa shape index (κ3) is 5.32. The number of ether oxygens (including phenoxy) is 2. The lowest BCUT2D eigenvalue weighted by Crippen LogP contribution is -2.45. The first kappa shape index (κ1) is 27.1. The Hall–Kier alpha value is -2.52. The molecule has 5 rings (SSSR count). The summed E-state index contributed by atoms with van der Waals surface area (Å²) in [5, 5.41) is 3.47. The van der Waals surface area contributed by atoms with Gasteiger partial charge in [-0.05, 0) is 79.3 Å². The second-order valence-electron chi connectivity index (χ2n) is 12.4. The Morgan fingerprint density at radius 2 is 1.89 bits per heavy atom. The van der Waals surface area contributed by atoms with Crippen molar-refractivity contribution in [2.45, 2.75) is 109 Å². The normalized spacial score (nSPS) is 32.0. The number of nitrogens with zero attached hydrogens (tertiary/aromatic N) is 3. The summed E-state index contributed by atoms with van der Waals surface area (Å²) in [7, 11) is 2.12. The zero-order valence-electron chi connectivity index (χ0n) is 23.3. The molecule has 2 aliphatic heterocycles. The van der Waals surface area contributed by atoms with Crippen LogP contribution in [0.2, 0.25) is 0 Å². The largest absolute Gasteiger partial charge is 0.473 e. The van der Waals surface area contributed by atoms with Gasteiger partial charge < -0.3 is 20.5 Å². The number of aromatic nitrogens is 2. The van der Waals surface area contributed by atoms with Gasteiger partial charge in [0.05, 0.1) is 17.2 Å². The summed E-state index contributed by atoms with van der Waals surface area (Å²) >= 11 is 0. The maximum atomic E-state index is 13.7. The first-order valence-electron chi connectivity index (χ1n) is 14.3. The molecule has 2 aliphatic carbocycles. The maximum Gasteiger partial charge on any atom is 0.221 e. The summed E-state index contributed by atoms with van der Waals surface area (Å²) in [4.78, 5) is 38.3. The third-order valence-corrected chi connectivity index (χ3v) is 9.03. The van der Waals surface area contributed by atoms with Crippen LogP contribution in [0.15, 0.2) is 11.6 Å². The number of allylic oxidation sites excluding steroid dienone is 1. The Labute approximate surface area is 225 Å². The first-order chi connectivity index (χ1) is 18.1. The topological polar surface area (TPSA) is 120 Å². The number of rotatable bonds is 6. The lowest BCUT2D eigenvalue weighted by molar-refractivity contribution is -0.143. The number of nitrogens with one attached hydrogen (secondary N) is 1. The average molecular weight is 526 g/mol. The van der Waals surface area contributed by atoms with Gasteiger partial charge in [-0.2, -0.15) is 9.97 Å². The average Bonchev–Trinajstić information content (AvgIpc) is 3.46. The number of ketones is 2. The molecule has 2 saturated carbocycles. The minimum absolute atomic E-state index is 0.0161.